The Morgan fingerprint density at radius 1 is 1.23 bits per heavy atom. The Labute approximate surface area is 210 Å². The molecule has 1 saturated carbocycles. The van der Waals surface area contributed by atoms with Gasteiger partial charge in [0.25, 0.3) is 0 Å². The van der Waals surface area contributed by atoms with Crippen LogP contribution in [0.3, 0.4) is 0 Å². The lowest BCUT2D eigenvalue weighted by Crippen LogP contribution is -2.37. The molecule has 1 aliphatic carbocycles. The summed E-state index contributed by atoms with van der Waals surface area (Å²) in [6.07, 6.45) is 2.60. The molecule has 2 fully saturated rings. The zero-order chi connectivity index (χ0) is 24.3. The molecule has 1 spiro atoms. The van der Waals surface area contributed by atoms with E-state index in [2.05, 4.69) is 36.2 Å². The average molecular weight is 539 g/mol. The number of hydrogen-bond donors (Lipinski definition) is 4. The number of fused-ring (bicyclic) bond motifs is 2. The lowest BCUT2D eigenvalue weighted by Gasteiger charge is -2.26. The zero-order valence-electron chi connectivity index (χ0n) is 19.2. The molecule has 4 heterocycles. The van der Waals surface area contributed by atoms with Crippen LogP contribution in [0, 0.1) is 5.41 Å². The fourth-order valence-electron chi connectivity index (χ4n) is 5.73. The largest absolute Gasteiger partial charge is 0.390 e. The summed E-state index contributed by atoms with van der Waals surface area (Å²) in [5.41, 5.74) is 7.96. The Balaban J connectivity index is 1.29. The third-order valence-corrected chi connectivity index (χ3v) is 8.16. The van der Waals surface area contributed by atoms with Gasteiger partial charge >= 0.3 is 0 Å². The minimum Gasteiger partial charge on any atom is -0.390 e. The van der Waals surface area contributed by atoms with Crippen molar-refractivity contribution in [2.45, 2.75) is 44.1 Å². The van der Waals surface area contributed by atoms with Gasteiger partial charge in [-0.05, 0) is 59.5 Å². The minimum atomic E-state index is -0.930. The second-order valence-corrected chi connectivity index (χ2v) is 10.4. The number of nitrogens with one attached hydrogen (secondary N) is 1. The van der Waals surface area contributed by atoms with Gasteiger partial charge in [0, 0.05) is 23.5 Å². The Morgan fingerprint density at radius 2 is 2.09 bits per heavy atom. The van der Waals surface area contributed by atoms with Gasteiger partial charge in [-0.25, -0.2) is 15.0 Å². The third-order valence-electron chi connectivity index (χ3n) is 7.53. The number of anilines is 2. The topological polar surface area (TPSA) is 131 Å². The van der Waals surface area contributed by atoms with Gasteiger partial charge in [-0.3, -0.25) is 0 Å². The average Bonchev–Trinajstić information content (AvgIpc) is 3.54. The number of hydrogen-bond acceptors (Lipinski definition) is 8. The molecular weight excluding hydrogens is 512 g/mol. The number of nitrogens with two attached hydrogens (primary N) is 1. The van der Waals surface area contributed by atoms with Crippen LogP contribution in [0.25, 0.3) is 21.9 Å². The van der Waals surface area contributed by atoms with Crippen molar-refractivity contribution in [1.82, 2.24) is 19.5 Å². The normalized spacial score (nSPS) is 28.5. The standard InChI is InChI=1S/C25H27BrN6O3/c1-2-28-23-15-5-6-32(24(15)30-12-29-23)18-9-25(21(34)20(18)33)10-19(35-11-25)14-4-3-13-7-16(26)22(27)31-17(13)8-14/h3-8,12,18-21,33-34H,2,9-11H2,1H3,(H2,27,31)(H,28,29,30). The molecule has 0 radical (unpaired) electrons. The molecule has 10 heteroatoms. The summed E-state index contributed by atoms with van der Waals surface area (Å²) in [6, 6.07) is 9.63. The summed E-state index contributed by atoms with van der Waals surface area (Å²) in [4.78, 5) is 13.3. The summed E-state index contributed by atoms with van der Waals surface area (Å²) < 4.78 is 8.95. The first kappa shape index (κ1) is 22.7. The smallest absolute Gasteiger partial charge is 0.145 e. The number of halogens is 1. The maximum atomic E-state index is 11.2. The number of benzene rings is 1. The van der Waals surface area contributed by atoms with Crippen LogP contribution in [0.4, 0.5) is 11.6 Å². The summed E-state index contributed by atoms with van der Waals surface area (Å²) in [5.74, 6) is 1.21. The highest BCUT2D eigenvalue weighted by Crippen LogP contribution is 2.55. The van der Waals surface area contributed by atoms with Crippen molar-refractivity contribution in [2.24, 2.45) is 5.41 Å². The molecule has 3 aromatic heterocycles. The number of nitrogens with zero attached hydrogens (tertiary/aromatic N) is 4. The molecule has 5 unspecified atom stereocenters. The van der Waals surface area contributed by atoms with Crippen molar-refractivity contribution in [3.8, 4) is 0 Å². The van der Waals surface area contributed by atoms with Gasteiger partial charge in [-0.2, -0.15) is 0 Å². The van der Waals surface area contributed by atoms with Gasteiger partial charge in [0.2, 0.25) is 0 Å². The molecule has 1 aliphatic heterocycles. The predicted molar refractivity (Wildman–Crippen MR) is 137 cm³/mol. The first-order chi connectivity index (χ1) is 16.9. The Kier molecular flexibility index (Phi) is 5.44. The van der Waals surface area contributed by atoms with E-state index >= 15 is 0 Å². The van der Waals surface area contributed by atoms with E-state index in [1.54, 1.807) is 0 Å². The van der Waals surface area contributed by atoms with Crippen molar-refractivity contribution >= 4 is 49.5 Å². The Bertz CT molecular complexity index is 1430. The van der Waals surface area contributed by atoms with Crippen LogP contribution in [0.5, 0.6) is 0 Å². The highest BCUT2D eigenvalue weighted by molar-refractivity contribution is 9.10. The fraction of sp³-hybridized carbons (Fsp3) is 0.400. The molecule has 1 aromatic carbocycles. The molecule has 2 aliphatic rings. The second-order valence-electron chi connectivity index (χ2n) is 9.59. The number of rotatable bonds is 4. The summed E-state index contributed by atoms with van der Waals surface area (Å²) in [7, 11) is 0. The third kappa shape index (κ3) is 3.58. The predicted octanol–water partition coefficient (Wildman–Crippen LogP) is 3.57. The van der Waals surface area contributed by atoms with Crippen LogP contribution >= 0.6 is 15.9 Å². The zero-order valence-corrected chi connectivity index (χ0v) is 20.8. The molecule has 1 saturated heterocycles. The monoisotopic (exact) mass is 538 g/mol. The van der Waals surface area contributed by atoms with Gasteiger partial charge in [0.05, 0.1) is 40.2 Å². The van der Waals surface area contributed by atoms with Gasteiger partial charge in [0.15, 0.2) is 0 Å². The maximum Gasteiger partial charge on any atom is 0.145 e. The summed E-state index contributed by atoms with van der Waals surface area (Å²) >= 11 is 3.43. The molecule has 35 heavy (non-hydrogen) atoms. The fourth-order valence-corrected chi connectivity index (χ4v) is 6.07. The molecule has 6 rings (SSSR count). The molecule has 9 nitrogen and oxygen atoms in total. The van der Waals surface area contributed by atoms with Crippen molar-refractivity contribution in [2.75, 3.05) is 24.2 Å². The van der Waals surface area contributed by atoms with E-state index in [0.29, 0.717) is 25.3 Å². The van der Waals surface area contributed by atoms with Crippen LogP contribution < -0.4 is 11.1 Å². The molecular formula is C25H27BrN6O3. The van der Waals surface area contributed by atoms with Crippen molar-refractivity contribution in [1.29, 1.82) is 0 Å². The van der Waals surface area contributed by atoms with Crippen LogP contribution in [0.1, 0.15) is 37.5 Å². The summed E-state index contributed by atoms with van der Waals surface area (Å²) in [5, 5.41) is 27.5. The molecule has 0 amide bonds. The van der Waals surface area contributed by atoms with Crippen LogP contribution in [0.15, 0.2) is 47.3 Å². The van der Waals surface area contributed by atoms with Gasteiger partial charge in [-0.1, -0.05) is 12.1 Å². The molecule has 5 atom stereocenters. The van der Waals surface area contributed by atoms with E-state index in [-0.39, 0.29) is 12.1 Å². The molecule has 5 N–H and O–H groups in total. The second kappa shape index (κ2) is 8.41. The van der Waals surface area contributed by atoms with Crippen molar-refractivity contribution < 1.29 is 14.9 Å². The molecule has 182 valence electrons. The van der Waals surface area contributed by atoms with Crippen LogP contribution in [-0.4, -0.2) is 55.1 Å². The highest BCUT2D eigenvalue weighted by Gasteiger charge is 2.57. The Hall–Kier alpha value is -2.79. The number of ether oxygens (including phenoxy) is 1. The van der Waals surface area contributed by atoms with Crippen LogP contribution in [0.2, 0.25) is 0 Å². The van der Waals surface area contributed by atoms with Gasteiger partial charge in [-0.15, -0.1) is 0 Å². The number of aliphatic hydroxyl groups excluding tert-OH is 2. The van der Waals surface area contributed by atoms with E-state index in [1.165, 1.54) is 6.33 Å². The van der Waals surface area contributed by atoms with Gasteiger partial charge < -0.3 is 30.6 Å². The maximum absolute atomic E-state index is 11.2. The molecule has 0 bridgehead atoms. The SMILES string of the molecule is CCNc1ncnc2c1ccn2C1CC2(COC(c3ccc4cc(Br)c(N)nc4c3)C2)C(O)C1O. The van der Waals surface area contributed by atoms with Gasteiger partial charge in [0.1, 0.15) is 29.7 Å². The quantitative estimate of drug-likeness (QED) is 0.310. The van der Waals surface area contributed by atoms with E-state index in [0.717, 1.165) is 44.3 Å². The lowest BCUT2D eigenvalue weighted by molar-refractivity contribution is -0.0309. The van der Waals surface area contributed by atoms with E-state index in [1.807, 2.05) is 48.0 Å². The number of pyridine rings is 1. The van der Waals surface area contributed by atoms with E-state index < -0.39 is 17.6 Å². The van der Waals surface area contributed by atoms with Crippen molar-refractivity contribution in [3.05, 3.63) is 52.9 Å². The van der Waals surface area contributed by atoms with Crippen LogP contribution in [-0.2, 0) is 4.74 Å². The minimum absolute atomic E-state index is 0.198. The highest BCUT2D eigenvalue weighted by atomic mass is 79.9. The van der Waals surface area contributed by atoms with Crippen molar-refractivity contribution in [3.63, 3.8) is 0 Å². The molecule has 4 aromatic rings. The summed E-state index contributed by atoms with van der Waals surface area (Å²) in [6.45, 7) is 3.14. The number of aromatic nitrogens is 4. The first-order valence-corrected chi connectivity index (χ1v) is 12.6. The number of nitrogen functional groups attached to an aromatic ring is 1. The van der Waals surface area contributed by atoms with E-state index in [9.17, 15) is 10.2 Å². The first-order valence-electron chi connectivity index (χ1n) is 11.8. The Morgan fingerprint density at radius 3 is 2.91 bits per heavy atom. The van der Waals surface area contributed by atoms with E-state index in [4.69, 9.17) is 10.5 Å². The number of aliphatic hydroxyl groups is 2. The lowest BCUT2D eigenvalue weighted by atomic mass is 9.80.